The SMILES string of the molecule is CCCCCCc1cc(S(=O)(=O)[O-])c2cc(CCCCCC)ccc2c1.[K+]. The molecule has 0 aromatic heterocycles. The summed E-state index contributed by atoms with van der Waals surface area (Å²) in [7, 11) is -4.48. The van der Waals surface area contributed by atoms with Crippen LogP contribution < -0.4 is 51.4 Å². The van der Waals surface area contributed by atoms with E-state index in [1.807, 2.05) is 18.2 Å². The second kappa shape index (κ2) is 12.7. The van der Waals surface area contributed by atoms with Crippen molar-refractivity contribution in [2.24, 2.45) is 0 Å². The van der Waals surface area contributed by atoms with Crippen LogP contribution in [0.4, 0.5) is 0 Å². The van der Waals surface area contributed by atoms with Crippen molar-refractivity contribution in [3.05, 3.63) is 41.5 Å². The third kappa shape index (κ3) is 8.25. The normalized spacial score (nSPS) is 11.5. The number of hydrogen-bond acceptors (Lipinski definition) is 3. The van der Waals surface area contributed by atoms with Gasteiger partial charge < -0.3 is 4.55 Å². The van der Waals surface area contributed by atoms with E-state index in [4.69, 9.17) is 0 Å². The van der Waals surface area contributed by atoms with Gasteiger partial charge in [-0.25, -0.2) is 8.42 Å². The predicted octanol–water partition coefficient (Wildman–Crippen LogP) is 2.99. The Balaban J connectivity index is 0.00000364. The molecule has 0 fully saturated rings. The number of rotatable bonds is 11. The molecule has 0 N–H and O–H groups in total. The summed E-state index contributed by atoms with van der Waals surface area (Å²) in [6, 6.07) is 9.56. The molecule has 2 aromatic carbocycles. The first-order valence-corrected chi connectivity index (χ1v) is 11.4. The zero-order valence-electron chi connectivity index (χ0n) is 17.1. The van der Waals surface area contributed by atoms with E-state index in [0.717, 1.165) is 48.6 Å². The van der Waals surface area contributed by atoms with Crippen LogP contribution in [0.15, 0.2) is 35.2 Å². The minimum Gasteiger partial charge on any atom is -0.744 e. The van der Waals surface area contributed by atoms with Gasteiger partial charge in [-0.2, -0.15) is 0 Å². The molecule has 0 aliphatic heterocycles. The summed E-state index contributed by atoms with van der Waals surface area (Å²) in [6.07, 6.45) is 10.9. The fraction of sp³-hybridized carbons (Fsp3) is 0.545. The van der Waals surface area contributed by atoms with Gasteiger partial charge in [-0.15, -0.1) is 0 Å². The smallest absolute Gasteiger partial charge is 0.744 e. The van der Waals surface area contributed by atoms with Crippen LogP contribution in [0.2, 0.25) is 0 Å². The van der Waals surface area contributed by atoms with Gasteiger partial charge in [0.1, 0.15) is 10.1 Å². The molecule has 2 rings (SSSR count). The summed E-state index contributed by atoms with van der Waals surface area (Å²) in [5.74, 6) is 0. The van der Waals surface area contributed by atoms with Gasteiger partial charge >= 0.3 is 51.4 Å². The molecule has 144 valence electrons. The van der Waals surface area contributed by atoms with Crippen molar-refractivity contribution in [2.45, 2.75) is 83.0 Å². The van der Waals surface area contributed by atoms with E-state index in [1.165, 1.54) is 32.1 Å². The van der Waals surface area contributed by atoms with Crippen LogP contribution in [0, 0.1) is 0 Å². The zero-order valence-corrected chi connectivity index (χ0v) is 21.0. The average Bonchev–Trinajstić information content (AvgIpc) is 2.61. The van der Waals surface area contributed by atoms with Crippen molar-refractivity contribution in [3.8, 4) is 0 Å². The fourth-order valence-electron chi connectivity index (χ4n) is 3.45. The topological polar surface area (TPSA) is 57.2 Å². The van der Waals surface area contributed by atoms with E-state index < -0.39 is 10.1 Å². The number of unbranched alkanes of at least 4 members (excludes halogenated alkanes) is 6. The van der Waals surface area contributed by atoms with E-state index in [-0.39, 0.29) is 56.3 Å². The molecule has 0 heterocycles. The van der Waals surface area contributed by atoms with Crippen LogP contribution >= 0.6 is 0 Å². The molecule has 0 aliphatic carbocycles. The maximum absolute atomic E-state index is 11.8. The summed E-state index contributed by atoms with van der Waals surface area (Å²) in [5, 5.41) is 1.43. The molecule has 2 aromatic rings. The molecule has 0 amide bonds. The van der Waals surface area contributed by atoms with Crippen molar-refractivity contribution in [2.75, 3.05) is 0 Å². The minimum absolute atomic E-state index is 0. The summed E-state index contributed by atoms with van der Waals surface area (Å²) in [5.41, 5.74) is 2.05. The van der Waals surface area contributed by atoms with Gasteiger partial charge in [0, 0.05) is 0 Å². The fourth-order valence-corrected chi connectivity index (χ4v) is 4.19. The van der Waals surface area contributed by atoms with Crippen molar-refractivity contribution >= 4 is 20.9 Å². The van der Waals surface area contributed by atoms with Crippen LogP contribution in [-0.4, -0.2) is 13.0 Å². The zero-order chi connectivity index (χ0) is 19.0. The summed E-state index contributed by atoms with van der Waals surface area (Å²) in [6.45, 7) is 4.35. The van der Waals surface area contributed by atoms with Gasteiger partial charge in [0.2, 0.25) is 0 Å². The van der Waals surface area contributed by atoms with Crippen molar-refractivity contribution in [3.63, 3.8) is 0 Å². The van der Waals surface area contributed by atoms with Crippen molar-refractivity contribution in [1.82, 2.24) is 0 Å². The van der Waals surface area contributed by atoms with Gasteiger partial charge in [-0.05, 0) is 59.7 Å². The Morgan fingerprint density at radius 3 is 1.93 bits per heavy atom. The van der Waals surface area contributed by atoms with E-state index in [0.29, 0.717) is 5.39 Å². The quantitative estimate of drug-likeness (QED) is 0.323. The first-order chi connectivity index (χ1) is 12.5. The van der Waals surface area contributed by atoms with Crippen molar-refractivity contribution in [1.29, 1.82) is 0 Å². The van der Waals surface area contributed by atoms with Crippen LogP contribution in [0.1, 0.15) is 76.3 Å². The summed E-state index contributed by atoms with van der Waals surface area (Å²) < 4.78 is 35.5. The molecule has 0 spiro atoms. The molecule has 0 aliphatic rings. The van der Waals surface area contributed by atoms with E-state index in [1.54, 1.807) is 6.07 Å². The van der Waals surface area contributed by atoms with Crippen LogP contribution in [0.5, 0.6) is 0 Å². The molecule has 27 heavy (non-hydrogen) atoms. The number of aryl methyl sites for hydroxylation is 2. The molecule has 0 radical (unpaired) electrons. The Labute approximate surface area is 207 Å². The minimum atomic E-state index is -4.48. The van der Waals surface area contributed by atoms with Gasteiger partial charge in [0.05, 0.1) is 4.90 Å². The van der Waals surface area contributed by atoms with Crippen molar-refractivity contribution < 1.29 is 64.4 Å². The Hall–Kier alpha value is 0.246. The Morgan fingerprint density at radius 2 is 1.37 bits per heavy atom. The first kappa shape index (κ1) is 25.3. The van der Waals surface area contributed by atoms with Gasteiger partial charge in [0.15, 0.2) is 0 Å². The molecule has 0 bridgehead atoms. The summed E-state index contributed by atoms with van der Waals surface area (Å²) in [4.78, 5) is -0.0594. The number of hydrogen-bond donors (Lipinski definition) is 0. The van der Waals surface area contributed by atoms with Crippen LogP contribution in [-0.2, 0) is 23.0 Å². The maximum Gasteiger partial charge on any atom is 1.00 e. The predicted molar refractivity (Wildman–Crippen MR) is 108 cm³/mol. The third-order valence-electron chi connectivity index (χ3n) is 4.95. The molecule has 0 saturated carbocycles. The molecule has 0 atom stereocenters. The third-order valence-corrected chi connectivity index (χ3v) is 5.82. The van der Waals surface area contributed by atoms with E-state index >= 15 is 0 Å². The number of fused-ring (bicyclic) bond motifs is 1. The van der Waals surface area contributed by atoms with Crippen LogP contribution in [0.25, 0.3) is 10.8 Å². The molecular weight excluding hydrogens is 383 g/mol. The van der Waals surface area contributed by atoms with Crippen LogP contribution in [0.3, 0.4) is 0 Å². The second-order valence-corrected chi connectivity index (χ2v) is 8.57. The molecule has 0 saturated heterocycles. The van der Waals surface area contributed by atoms with Gasteiger partial charge in [-0.1, -0.05) is 70.6 Å². The van der Waals surface area contributed by atoms with E-state index in [9.17, 15) is 13.0 Å². The van der Waals surface area contributed by atoms with Gasteiger partial charge in [-0.3, -0.25) is 0 Å². The Morgan fingerprint density at radius 1 is 0.778 bits per heavy atom. The summed E-state index contributed by atoms with van der Waals surface area (Å²) >= 11 is 0. The standard InChI is InChI=1S/C22H32O3S.K/c1-3-5-7-9-11-18-13-14-20-15-19(12-10-8-6-4-2)17-22(21(20)16-18)26(23,24)25;/h13-17H,3-12H2,1-2H3,(H,23,24,25);/q;+1/p-1. The second-order valence-electron chi connectivity index (χ2n) is 7.22. The van der Waals surface area contributed by atoms with E-state index in [2.05, 4.69) is 19.9 Å². The monoisotopic (exact) mass is 414 g/mol. The number of benzene rings is 2. The molecule has 5 heteroatoms. The maximum atomic E-state index is 11.8. The Kier molecular flexibility index (Phi) is 11.9. The molecule has 3 nitrogen and oxygen atoms in total. The molecular formula is C22H31KO3S. The average molecular weight is 415 g/mol. The largest absolute Gasteiger partial charge is 1.00 e. The molecule has 0 unspecified atom stereocenters. The van der Waals surface area contributed by atoms with Gasteiger partial charge in [0.25, 0.3) is 0 Å². The Bertz CT molecular complexity index is 816. The first-order valence-electron chi connectivity index (χ1n) is 9.97.